The average Bonchev–Trinajstić information content (AvgIpc) is 2.47. The number of aryl methyl sites for hydroxylation is 1. The lowest BCUT2D eigenvalue weighted by Crippen LogP contribution is -2.26. The predicted octanol–water partition coefficient (Wildman–Crippen LogP) is 0.662. The Labute approximate surface area is 124 Å². The third kappa shape index (κ3) is 2.66. The lowest BCUT2D eigenvalue weighted by atomic mass is 10.1. The number of aromatic amines is 1. The molecule has 22 heavy (non-hydrogen) atoms. The minimum atomic E-state index is -0.496. The number of ether oxygens (including phenoxy) is 1. The Morgan fingerprint density at radius 3 is 2.86 bits per heavy atom. The molecule has 0 aliphatic carbocycles. The van der Waals surface area contributed by atoms with Gasteiger partial charge in [0, 0.05) is 6.07 Å². The fourth-order valence-electron chi connectivity index (χ4n) is 2.10. The Hall–Kier alpha value is -3.16. The molecule has 2 heterocycles. The van der Waals surface area contributed by atoms with E-state index < -0.39 is 11.5 Å². The van der Waals surface area contributed by atoms with Gasteiger partial charge in [0.15, 0.2) is 12.4 Å². The van der Waals surface area contributed by atoms with Gasteiger partial charge in [-0.15, -0.1) is 0 Å². The summed E-state index contributed by atoms with van der Waals surface area (Å²) in [5.41, 5.74) is 1.44. The molecule has 112 valence electrons. The topological polar surface area (TPSA) is 113 Å². The van der Waals surface area contributed by atoms with Crippen LogP contribution in [-0.2, 0) is 4.79 Å². The van der Waals surface area contributed by atoms with Gasteiger partial charge in [0.1, 0.15) is 5.69 Å². The average molecular weight is 300 g/mol. The van der Waals surface area contributed by atoms with E-state index in [-0.39, 0.29) is 18.2 Å². The zero-order chi connectivity index (χ0) is 15.7. The summed E-state index contributed by atoms with van der Waals surface area (Å²) in [5, 5.41) is 11.2. The number of anilines is 2. The Balaban J connectivity index is 1.92. The second kappa shape index (κ2) is 5.32. The van der Waals surface area contributed by atoms with Gasteiger partial charge >= 0.3 is 0 Å². The summed E-state index contributed by atoms with van der Waals surface area (Å²) in [7, 11) is 0. The van der Waals surface area contributed by atoms with Crippen molar-refractivity contribution in [1.82, 2.24) is 10.2 Å². The highest BCUT2D eigenvalue weighted by atomic mass is 16.5. The molecule has 1 aromatic carbocycles. The molecule has 1 aromatic heterocycles. The molecule has 1 aliphatic rings. The molecule has 0 saturated carbocycles. The quantitative estimate of drug-likeness (QED) is 0.754. The van der Waals surface area contributed by atoms with Crippen LogP contribution in [-0.4, -0.2) is 28.6 Å². The van der Waals surface area contributed by atoms with Gasteiger partial charge in [-0.25, -0.2) is 5.10 Å². The molecule has 3 rings (SSSR count). The first kappa shape index (κ1) is 13.8. The molecule has 2 aromatic rings. The molecule has 0 spiro atoms. The van der Waals surface area contributed by atoms with E-state index in [0.29, 0.717) is 17.1 Å². The number of nitrogens with zero attached hydrogens (tertiary/aromatic N) is 1. The van der Waals surface area contributed by atoms with E-state index >= 15 is 0 Å². The number of rotatable bonds is 2. The van der Waals surface area contributed by atoms with Crippen molar-refractivity contribution in [2.45, 2.75) is 6.92 Å². The summed E-state index contributed by atoms with van der Waals surface area (Å²) in [6, 6.07) is 6.00. The largest absolute Gasteiger partial charge is 0.479 e. The normalized spacial score (nSPS) is 12.9. The minimum Gasteiger partial charge on any atom is -0.479 e. The van der Waals surface area contributed by atoms with Gasteiger partial charge in [0.05, 0.1) is 11.4 Å². The molecule has 1 aliphatic heterocycles. The molecule has 0 saturated heterocycles. The highest BCUT2D eigenvalue weighted by Gasteiger charge is 2.21. The summed E-state index contributed by atoms with van der Waals surface area (Å²) >= 11 is 0. The van der Waals surface area contributed by atoms with Crippen molar-refractivity contribution in [3.8, 4) is 5.75 Å². The Bertz CT molecular complexity index is 808. The van der Waals surface area contributed by atoms with Crippen molar-refractivity contribution in [3.63, 3.8) is 0 Å². The van der Waals surface area contributed by atoms with E-state index in [9.17, 15) is 14.4 Å². The fourth-order valence-corrected chi connectivity index (χ4v) is 2.10. The SMILES string of the molecule is Cc1cc2c(c(NC(=O)c3ccc(=O)[nH]n3)c1)OCC(=O)N2. The van der Waals surface area contributed by atoms with Gasteiger partial charge in [-0.1, -0.05) is 0 Å². The van der Waals surface area contributed by atoms with Gasteiger partial charge in [-0.2, -0.15) is 5.10 Å². The first-order valence-corrected chi connectivity index (χ1v) is 6.47. The first-order valence-electron chi connectivity index (χ1n) is 6.47. The summed E-state index contributed by atoms with van der Waals surface area (Å²) in [6.45, 7) is 1.71. The van der Waals surface area contributed by atoms with Gasteiger partial charge in [-0.3, -0.25) is 14.4 Å². The van der Waals surface area contributed by atoms with Crippen LogP contribution in [0.5, 0.6) is 5.75 Å². The number of amides is 2. The van der Waals surface area contributed by atoms with Crippen LogP contribution in [0.4, 0.5) is 11.4 Å². The third-order valence-electron chi connectivity index (χ3n) is 3.01. The van der Waals surface area contributed by atoms with Crippen molar-refractivity contribution in [1.29, 1.82) is 0 Å². The number of aromatic nitrogens is 2. The van der Waals surface area contributed by atoms with Crippen molar-refractivity contribution >= 4 is 23.2 Å². The summed E-state index contributed by atoms with van der Waals surface area (Å²) < 4.78 is 5.37. The van der Waals surface area contributed by atoms with Crippen LogP contribution in [0, 0.1) is 6.92 Å². The number of fused-ring (bicyclic) bond motifs is 1. The fraction of sp³-hybridized carbons (Fsp3) is 0.143. The highest BCUT2D eigenvalue weighted by molar-refractivity contribution is 6.05. The Kier molecular flexibility index (Phi) is 3.34. The van der Waals surface area contributed by atoms with Crippen LogP contribution in [0.2, 0.25) is 0 Å². The lowest BCUT2D eigenvalue weighted by molar-refractivity contribution is -0.118. The maximum atomic E-state index is 12.1. The van der Waals surface area contributed by atoms with Crippen LogP contribution in [0.1, 0.15) is 16.1 Å². The van der Waals surface area contributed by atoms with Crippen molar-refractivity contribution in [2.75, 3.05) is 17.2 Å². The molecule has 2 amide bonds. The monoisotopic (exact) mass is 300 g/mol. The third-order valence-corrected chi connectivity index (χ3v) is 3.01. The van der Waals surface area contributed by atoms with Crippen LogP contribution >= 0.6 is 0 Å². The molecule has 0 bridgehead atoms. The lowest BCUT2D eigenvalue weighted by Gasteiger charge is -2.21. The molecule has 8 nitrogen and oxygen atoms in total. The highest BCUT2D eigenvalue weighted by Crippen LogP contribution is 2.37. The number of carbonyl (C=O) groups excluding carboxylic acids is 2. The molecule has 8 heteroatoms. The van der Waals surface area contributed by atoms with Gasteiger partial charge in [-0.05, 0) is 30.7 Å². The molecule has 0 atom stereocenters. The van der Waals surface area contributed by atoms with Crippen LogP contribution in [0.3, 0.4) is 0 Å². The number of hydrogen-bond donors (Lipinski definition) is 3. The van der Waals surface area contributed by atoms with Crippen molar-refractivity contribution < 1.29 is 14.3 Å². The second-order valence-corrected chi connectivity index (χ2v) is 4.79. The summed E-state index contributed by atoms with van der Waals surface area (Å²) in [4.78, 5) is 34.5. The van der Waals surface area contributed by atoms with Crippen LogP contribution in [0.15, 0.2) is 29.1 Å². The Morgan fingerprint density at radius 1 is 1.32 bits per heavy atom. The summed E-state index contributed by atoms with van der Waals surface area (Å²) in [6.07, 6.45) is 0. The maximum Gasteiger partial charge on any atom is 0.276 e. The van der Waals surface area contributed by atoms with Crippen LogP contribution < -0.4 is 20.9 Å². The predicted molar refractivity (Wildman–Crippen MR) is 78.1 cm³/mol. The first-order chi connectivity index (χ1) is 10.5. The molecular weight excluding hydrogens is 288 g/mol. The van der Waals surface area contributed by atoms with Gasteiger partial charge < -0.3 is 15.4 Å². The van der Waals surface area contributed by atoms with E-state index in [1.165, 1.54) is 12.1 Å². The standard InChI is InChI=1S/C14H12N4O4/c1-7-4-9-13(22-6-12(20)15-9)10(5-7)16-14(21)8-2-3-11(19)18-17-8/h2-5H,6H2,1H3,(H,15,20)(H,16,21)(H,18,19). The zero-order valence-corrected chi connectivity index (χ0v) is 11.6. The molecule has 0 fully saturated rings. The number of carbonyl (C=O) groups is 2. The molecule has 0 unspecified atom stereocenters. The Morgan fingerprint density at radius 2 is 2.14 bits per heavy atom. The maximum absolute atomic E-state index is 12.1. The number of H-pyrrole nitrogens is 1. The number of nitrogens with one attached hydrogen (secondary N) is 3. The molecule has 3 N–H and O–H groups in total. The van der Waals surface area contributed by atoms with Gasteiger partial charge in [0.2, 0.25) is 0 Å². The summed E-state index contributed by atoms with van der Waals surface area (Å²) in [5.74, 6) is -0.356. The van der Waals surface area contributed by atoms with E-state index in [1.54, 1.807) is 12.1 Å². The minimum absolute atomic E-state index is 0.0645. The number of hydrogen-bond acceptors (Lipinski definition) is 5. The second-order valence-electron chi connectivity index (χ2n) is 4.79. The van der Waals surface area contributed by atoms with Crippen molar-refractivity contribution in [2.24, 2.45) is 0 Å². The smallest absolute Gasteiger partial charge is 0.276 e. The number of benzene rings is 1. The van der Waals surface area contributed by atoms with E-state index in [0.717, 1.165) is 5.56 Å². The zero-order valence-electron chi connectivity index (χ0n) is 11.6. The van der Waals surface area contributed by atoms with E-state index in [1.807, 2.05) is 6.92 Å². The van der Waals surface area contributed by atoms with Crippen LogP contribution in [0.25, 0.3) is 0 Å². The molecule has 0 radical (unpaired) electrons. The molecular formula is C14H12N4O4. The van der Waals surface area contributed by atoms with E-state index in [2.05, 4.69) is 20.8 Å². The van der Waals surface area contributed by atoms with Crippen molar-refractivity contribution in [3.05, 3.63) is 45.9 Å². The van der Waals surface area contributed by atoms with E-state index in [4.69, 9.17) is 4.74 Å². The van der Waals surface area contributed by atoms with Gasteiger partial charge in [0.25, 0.3) is 17.4 Å².